The van der Waals surface area contributed by atoms with Gasteiger partial charge < -0.3 is 10.1 Å². The summed E-state index contributed by atoms with van der Waals surface area (Å²) in [4.78, 5) is 0. The fraction of sp³-hybridized carbons (Fsp3) is 0.750. The summed E-state index contributed by atoms with van der Waals surface area (Å²) >= 11 is 0. The van der Waals surface area contributed by atoms with E-state index in [1.807, 2.05) is 24.0 Å². The van der Waals surface area contributed by atoms with Crippen LogP contribution < -0.4 is 5.32 Å². The van der Waals surface area contributed by atoms with E-state index in [9.17, 15) is 0 Å². The molecule has 1 rings (SSSR count). The molecule has 0 aliphatic carbocycles. The van der Waals surface area contributed by atoms with Gasteiger partial charge in [-0.3, -0.25) is 4.68 Å². The number of hydrogen-bond donors (Lipinski definition) is 1. The zero-order chi connectivity index (χ0) is 12.0. The lowest BCUT2D eigenvalue weighted by Gasteiger charge is -2.22. The first-order valence-corrected chi connectivity index (χ1v) is 5.84. The number of aryl methyl sites for hydroxylation is 1. The standard InChI is InChI=1S/C12H23N3O/c1-10(2)12(6-8-16-4)13-9-11-5-7-14-15(11)3/h5,7,10,12-13H,6,8-9H2,1-4H3. The molecule has 1 heterocycles. The molecule has 0 saturated heterocycles. The second kappa shape index (κ2) is 6.66. The molecule has 0 bridgehead atoms. The number of ether oxygens (including phenoxy) is 1. The molecule has 0 aliphatic rings. The Morgan fingerprint density at radius 2 is 2.25 bits per heavy atom. The van der Waals surface area contributed by atoms with Gasteiger partial charge in [0.2, 0.25) is 0 Å². The van der Waals surface area contributed by atoms with Crippen molar-refractivity contribution in [2.24, 2.45) is 13.0 Å². The van der Waals surface area contributed by atoms with Gasteiger partial charge >= 0.3 is 0 Å². The summed E-state index contributed by atoms with van der Waals surface area (Å²) in [6, 6.07) is 2.54. The SMILES string of the molecule is COCCC(NCc1ccnn1C)C(C)C. The van der Waals surface area contributed by atoms with Crippen LogP contribution in [0.1, 0.15) is 26.0 Å². The van der Waals surface area contributed by atoms with Gasteiger partial charge in [-0.25, -0.2) is 0 Å². The molecular formula is C12H23N3O. The highest BCUT2D eigenvalue weighted by molar-refractivity contribution is 4.99. The van der Waals surface area contributed by atoms with E-state index in [-0.39, 0.29) is 0 Å². The maximum absolute atomic E-state index is 5.13. The Kier molecular flexibility index (Phi) is 5.49. The van der Waals surface area contributed by atoms with Crippen molar-refractivity contribution in [3.63, 3.8) is 0 Å². The normalized spacial score (nSPS) is 13.3. The van der Waals surface area contributed by atoms with Crippen molar-refractivity contribution in [3.8, 4) is 0 Å². The molecular weight excluding hydrogens is 202 g/mol. The Balaban J connectivity index is 2.40. The average Bonchev–Trinajstić information content (AvgIpc) is 2.64. The highest BCUT2D eigenvalue weighted by Gasteiger charge is 2.12. The molecule has 4 heteroatoms. The molecule has 0 amide bonds. The fourth-order valence-corrected chi connectivity index (χ4v) is 1.73. The molecule has 0 spiro atoms. The maximum Gasteiger partial charge on any atom is 0.0518 e. The molecule has 1 aromatic rings. The first kappa shape index (κ1) is 13.2. The summed E-state index contributed by atoms with van der Waals surface area (Å²) in [5.41, 5.74) is 1.21. The molecule has 4 nitrogen and oxygen atoms in total. The number of nitrogens with zero attached hydrogens (tertiary/aromatic N) is 2. The first-order chi connectivity index (χ1) is 7.65. The second-order valence-electron chi connectivity index (χ2n) is 4.46. The summed E-state index contributed by atoms with van der Waals surface area (Å²) < 4.78 is 7.03. The molecule has 1 unspecified atom stereocenters. The molecule has 0 radical (unpaired) electrons. The first-order valence-electron chi connectivity index (χ1n) is 5.84. The maximum atomic E-state index is 5.13. The lowest BCUT2D eigenvalue weighted by molar-refractivity contribution is 0.173. The van der Waals surface area contributed by atoms with Crippen LogP contribution in [0.3, 0.4) is 0 Å². The molecule has 0 saturated carbocycles. The third-order valence-corrected chi connectivity index (χ3v) is 2.91. The van der Waals surface area contributed by atoms with Gasteiger partial charge in [0.1, 0.15) is 0 Å². The van der Waals surface area contributed by atoms with Gasteiger partial charge in [-0.2, -0.15) is 5.10 Å². The van der Waals surface area contributed by atoms with Crippen molar-refractivity contribution < 1.29 is 4.74 Å². The van der Waals surface area contributed by atoms with Crippen molar-refractivity contribution in [3.05, 3.63) is 18.0 Å². The molecule has 1 N–H and O–H groups in total. The van der Waals surface area contributed by atoms with Crippen LogP contribution in [0.4, 0.5) is 0 Å². The highest BCUT2D eigenvalue weighted by atomic mass is 16.5. The number of methoxy groups -OCH3 is 1. The number of aromatic nitrogens is 2. The van der Waals surface area contributed by atoms with Crippen molar-refractivity contribution in [1.82, 2.24) is 15.1 Å². The Bertz CT molecular complexity index is 296. The number of nitrogens with one attached hydrogen (secondary N) is 1. The van der Waals surface area contributed by atoms with E-state index in [4.69, 9.17) is 4.74 Å². The van der Waals surface area contributed by atoms with E-state index in [0.717, 1.165) is 19.6 Å². The number of rotatable bonds is 7. The minimum Gasteiger partial charge on any atom is -0.385 e. The van der Waals surface area contributed by atoms with E-state index < -0.39 is 0 Å². The van der Waals surface area contributed by atoms with Gasteiger partial charge in [0.15, 0.2) is 0 Å². The topological polar surface area (TPSA) is 39.1 Å². The van der Waals surface area contributed by atoms with Gasteiger partial charge in [-0.1, -0.05) is 13.8 Å². The lowest BCUT2D eigenvalue weighted by Crippen LogP contribution is -2.34. The van der Waals surface area contributed by atoms with E-state index in [0.29, 0.717) is 12.0 Å². The van der Waals surface area contributed by atoms with Crippen LogP contribution in [0.25, 0.3) is 0 Å². The molecule has 0 fully saturated rings. The molecule has 1 aromatic heterocycles. The largest absolute Gasteiger partial charge is 0.385 e. The average molecular weight is 225 g/mol. The lowest BCUT2D eigenvalue weighted by atomic mass is 10.0. The summed E-state index contributed by atoms with van der Waals surface area (Å²) in [6.45, 7) is 6.14. The van der Waals surface area contributed by atoms with Gasteiger partial charge in [-0.15, -0.1) is 0 Å². The van der Waals surface area contributed by atoms with E-state index in [1.54, 1.807) is 7.11 Å². The Labute approximate surface area is 98.0 Å². The van der Waals surface area contributed by atoms with Gasteiger partial charge in [0.25, 0.3) is 0 Å². The van der Waals surface area contributed by atoms with Gasteiger partial charge in [0, 0.05) is 39.5 Å². The minimum absolute atomic E-state index is 0.495. The molecule has 0 aliphatic heterocycles. The van der Waals surface area contributed by atoms with Crippen molar-refractivity contribution in [2.45, 2.75) is 32.9 Å². The smallest absolute Gasteiger partial charge is 0.0518 e. The Morgan fingerprint density at radius 3 is 2.75 bits per heavy atom. The van der Waals surface area contributed by atoms with Gasteiger partial charge in [0.05, 0.1) is 5.69 Å². The molecule has 1 atom stereocenters. The van der Waals surface area contributed by atoms with Crippen molar-refractivity contribution >= 4 is 0 Å². The monoisotopic (exact) mass is 225 g/mol. The zero-order valence-electron chi connectivity index (χ0n) is 10.7. The Morgan fingerprint density at radius 1 is 1.50 bits per heavy atom. The summed E-state index contributed by atoms with van der Waals surface area (Å²) in [5, 5.41) is 7.71. The fourth-order valence-electron chi connectivity index (χ4n) is 1.73. The minimum atomic E-state index is 0.495. The zero-order valence-corrected chi connectivity index (χ0v) is 10.7. The summed E-state index contributed by atoms with van der Waals surface area (Å²) in [6.07, 6.45) is 2.88. The van der Waals surface area contributed by atoms with Crippen molar-refractivity contribution in [2.75, 3.05) is 13.7 Å². The van der Waals surface area contributed by atoms with Crippen LogP contribution in [0.15, 0.2) is 12.3 Å². The number of hydrogen-bond acceptors (Lipinski definition) is 3. The van der Waals surface area contributed by atoms with E-state index in [2.05, 4.69) is 24.3 Å². The van der Waals surface area contributed by atoms with Crippen LogP contribution in [0.2, 0.25) is 0 Å². The molecule has 92 valence electrons. The van der Waals surface area contributed by atoms with E-state index in [1.165, 1.54) is 5.69 Å². The summed E-state index contributed by atoms with van der Waals surface area (Å²) in [7, 11) is 3.72. The molecule has 16 heavy (non-hydrogen) atoms. The Hall–Kier alpha value is -0.870. The predicted molar refractivity (Wildman–Crippen MR) is 65.2 cm³/mol. The molecule has 0 aromatic carbocycles. The van der Waals surface area contributed by atoms with Crippen LogP contribution in [-0.2, 0) is 18.3 Å². The highest BCUT2D eigenvalue weighted by Crippen LogP contribution is 2.07. The predicted octanol–water partition coefficient (Wildman–Crippen LogP) is 1.57. The van der Waals surface area contributed by atoms with Crippen LogP contribution in [0.5, 0.6) is 0 Å². The summed E-state index contributed by atoms with van der Waals surface area (Å²) in [5.74, 6) is 0.614. The van der Waals surface area contributed by atoms with Crippen molar-refractivity contribution in [1.29, 1.82) is 0 Å². The second-order valence-corrected chi connectivity index (χ2v) is 4.46. The van der Waals surface area contributed by atoms with Crippen LogP contribution in [0, 0.1) is 5.92 Å². The third kappa shape index (κ3) is 3.94. The van der Waals surface area contributed by atoms with Crippen LogP contribution >= 0.6 is 0 Å². The third-order valence-electron chi connectivity index (χ3n) is 2.91. The van der Waals surface area contributed by atoms with Crippen LogP contribution in [-0.4, -0.2) is 29.5 Å². The quantitative estimate of drug-likeness (QED) is 0.765. The van der Waals surface area contributed by atoms with E-state index >= 15 is 0 Å². The van der Waals surface area contributed by atoms with Gasteiger partial charge in [-0.05, 0) is 18.4 Å².